The molecule has 0 fully saturated rings. The van der Waals surface area contributed by atoms with Crippen molar-refractivity contribution in [3.05, 3.63) is 52.7 Å². The Morgan fingerprint density at radius 3 is 2.69 bits per heavy atom. The number of nitrogens with zero attached hydrogens (tertiary/aromatic N) is 2. The van der Waals surface area contributed by atoms with Crippen LogP contribution in [-0.2, 0) is 9.53 Å². The molecule has 3 rings (SSSR count). The van der Waals surface area contributed by atoms with Crippen LogP contribution in [0.1, 0.15) is 28.7 Å². The number of rotatable bonds is 5. The number of ether oxygens (including phenoxy) is 1. The van der Waals surface area contributed by atoms with E-state index in [2.05, 4.69) is 15.5 Å². The standard InChI is InChI=1S/C18H17N3O4S/c1-10-9-16(21-25-10)20-17(22)12(3)24-18(23)13-6-7-14(19-11(13)2)15-5-4-8-26-15/h4-9,12H,1-3H3,(H,20,21,22)/t12-/m0/s1. The first-order valence-corrected chi connectivity index (χ1v) is 8.78. The second-order valence-electron chi connectivity index (χ2n) is 5.67. The summed E-state index contributed by atoms with van der Waals surface area (Å²) in [4.78, 5) is 29.9. The van der Waals surface area contributed by atoms with E-state index in [0.29, 0.717) is 17.0 Å². The van der Waals surface area contributed by atoms with Crippen LogP contribution in [-0.4, -0.2) is 28.1 Å². The van der Waals surface area contributed by atoms with Gasteiger partial charge in [-0.2, -0.15) is 0 Å². The Bertz CT molecular complexity index is 934. The quantitative estimate of drug-likeness (QED) is 0.689. The fourth-order valence-corrected chi connectivity index (χ4v) is 2.96. The molecule has 1 N–H and O–H groups in total. The normalized spacial score (nSPS) is 11.8. The van der Waals surface area contributed by atoms with Gasteiger partial charge in [-0.15, -0.1) is 11.3 Å². The summed E-state index contributed by atoms with van der Waals surface area (Å²) in [7, 11) is 0. The summed E-state index contributed by atoms with van der Waals surface area (Å²) in [5, 5.41) is 8.16. The fourth-order valence-electron chi connectivity index (χ4n) is 2.27. The van der Waals surface area contributed by atoms with Crippen molar-refractivity contribution >= 4 is 29.0 Å². The molecule has 0 bridgehead atoms. The lowest BCUT2D eigenvalue weighted by molar-refractivity contribution is -0.123. The minimum atomic E-state index is -0.990. The Balaban J connectivity index is 1.66. The lowest BCUT2D eigenvalue weighted by Crippen LogP contribution is -2.30. The van der Waals surface area contributed by atoms with E-state index < -0.39 is 18.0 Å². The highest BCUT2D eigenvalue weighted by Gasteiger charge is 2.21. The number of anilines is 1. The van der Waals surface area contributed by atoms with Gasteiger partial charge in [0.05, 0.1) is 21.8 Å². The number of esters is 1. The lowest BCUT2D eigenvalue weighted by atomic mass is 10.1. The van der Waals surface area contributed by atoms with Crippen LogP contribution in [0.5, 0.6) is 0 Å². The zero-order valence-electron chi connectivity index (χ0n) is 14.5. The molecular formula is C18H17N3O4S. The van der Waals surface area contributed by atoms with E-state index in [1.54, 1.807) is 43.4 Å². The van der Waals surface area contributed by atoms with Crippen LogP contribution in [0.3, 0.4) is 0 Å². The summed E-state index contributed by atoms with van der Waals surface area (Å²) in [5.74, 6) is -0.259. The van der Waals surface area contributed by atoms with E-state index in [-0.39, 0.29) is 5.82 Å². The third-order valence-electron chi connectivity index (χ3n) is 3.61. The maximum atomic E-state index is 12.4. The van der Waals surface area contributed by atoms with Gasteiger partial charge in [-0.05, 0) is 44.4 Å². The van der Waals surface area contributed by atoms with E-state index in [1.165, 1.54) is 6.92 Å². The Morgan fingerprint density at radius 1 is 1.27 bits per heavy atom. The number of nitrogens with one attached hydrogen (secondary N) is 1. The first-order valence-electron chi connectivity index (χ1n) is 7.90. The number of hydrogen-bond donors (Lipinski definition) is 1. The third-order valence-corrected chi connectivity index (χ3v) is 4.50. The zero-order chi connectivity index (χ0) is 18.7. The minimum Gasteiger partial charge on any atom is -0.449 e. The van der Waals surface area contributed by atoms with E-state index in [9.17, 15) is 9.59 Å². The summed E-state index contributed by atoms with van der Waals surface area (Å²) >= 11 is 1.57. The van der Waals surface area contributed by atoms with Crippen molar-refractivity contribution in [2.24, 2.45) is 0 Å². The van der Waals surface area contributed by atoms with E-state index in [1.807, 2.05) is 17.5 Å². The fraction of sp³-hybridized carbons (Fsp3) is 0.222. The highest BCUT2D eigenvalue weighted by Crippen LogP contribution is 2.24. The topological polar surface area (TPSA) is 94.3 Å². The Morgan fingerprint density at radius 2 is 2.08 bits per heavy atom. The first kappa shape index (κ1) is 17.8. The number of aryl methyl sites for hydroxylation is 2. The van der Waals surface area contributed by atoms with Crippen LogP contribution >= 0.6 is 11.3 Å². The van der Waals surface area contributed by atoms with Crippen LogP contribution < -0.4 is 5.32 Å². The summed E-state index contributed by atoms with van der Waals surface area (Å²) in [6.45, 7) is 4.93. The molecular weight excluding hydrogens is 354 g/mol. The van der Waals surface area contributed by atoms with Gasteiger partial charge in [0, 0.05) is 6.07 Å². The first-order chi connectivity index (χ1) is 12.4. The second-order valence-corrected chi connectivity index (χ2v) is 6.61. The average Bonchev–Trinajstić information content (AvgIpc) is 3.26. The number of carbonyl (C=O) groups excluding carboxylic acids is 2. The summed E-state index contributed by atoms with van der Waals surface area (Å²) in [6.07, 6.45) is -0.990. The third kappa shape index (κ3) is 3.97. The maximum absolute atomic E-state index is 12.4. The molecule has 3 heterocycles. The maximum Gasteiger partial charge on any atom is 0.340 e. The van der Waals surface area contributed by atoms with Gasteiger partial charge in [-0.25, -0.2) is 4.79 Å². The van der Waals surface area contributed by atoms with Crippen LogP contribution in [0.2, 0.25) is 0 Å². The molecule has 0 radical (unpaired) electrons. The van der Waals surface area contributed by atoms with E-state index in [4.69, 9.17) is 9.26 Å². The van der Waals surface area contributed by atoms with E-state index in [0.717, 1.165) is 10.6 Å². The molecule has 0 aliphatic carbocycles. The van der Waals surface area contributed by atoms with Gasteiger partial charge >= 0.3 is 5.97 Å². The van der Waals surface area contributed by atoms with E-state index >= 15 is 0 Å². The monoisotopic (exact) mass is 371 g/mol. The molecule has 0 saturated heterocycles. The van der Waals surface area contributed by atoms with Crippen LogP contribution in [0.25, 0.3) is 10.6 Å². The molecule has 3 aromatic rings. The molecule has 7 nitrogen and oxygen atoms in total. The number of thiophene rings is 1. The molecule has 0 unspecified atom stereocenters. The lowest BCUT2D eigenvalue weighted by Gasteiger charge is -2.13. The van der Waals surface area contributed by atoms with Crippen molar-refractivity contribution in [3.63, 3.8) is 0 Å². The number of carbonyl (C=O) groups is 2. The smallest absolute Gasteiger partial charge is 0.340 e. The van der Waals surface area contributed by atoms with Crippen molar-refractivity contribution in [1.29, 1.82) is 0 Å². The van der Waals surface area contributed by atoms with Crippen LogP contribution in [0, 0.1) is 13.8 Å². The predicted octanol–water partition coefficient (Wildman–Crippen LogP) is 3.60. The van der Waals surface area contributed by atoms with Gasteiger partial charge in [0.25, 0.3) is 5.91 Å². The highest BCUT2D eigenvalue weighted by molar-refractivity contribution is 7.13. The molecule has 1 amide bonds. The van der Waals surface area contributed by atoms with Crippen molar-refractivity contribution < 1.29 is 18.8 Å². The molecule has 26 heavy (non-hydrogen) atoms. The molecule has 0 spiro atoms. The van der Waals surface area contributed by atoms with Crippen molar-refractivity contribution in [1.82, 2.24) is 10.1 Å². The van der Waals surface area contributed by atoms with Gasteiger partial charge in [0.2, 0.25) is 0 Å². The highest BCUT2D eigenvalue weighted by atomic mass is 32.1. The molecule has 0 aliphatic heterocycles. The number of aromatic nitrogens is 2. The SMILES string of the molecule is Cc1cc(NC(=O)[C@H](C)OC(=O)c2ccc(-c3cccs3)nc2C)no1. The largest absolute Gasteiger partial charge is 0.449 e. The van der Waals surface area contributed by atoms with Crippen LogP contribution in [0.15, 0.2) is 40.2 Å². The number of hydrogen-bond acceptors (Lipinski definition) is 7. The van der Waals surface area contributed by atoms with Crippen molar-refractivity contribution in [3.8, 4) is 10.6 Å². The van der Waals surface area contributed by atoms with Crippen LogP contribution in [0.4, 0.5) is 5.82 Å². The van der Waals surface area contributed by atoms with Gasteiger partial charge in [0.1, 0.15) is 5.76 Å². The van der Waals surface area contributed by atoms with Gasteiger partial charge in [0.15, 0.2) is 11.9 Å². The predicted molar refractivity (Wildman–Crippen MR) is 97.0 cm³/mol. The Labute approximate surface area is 154 Å². The van der Waals surface area contributed by atoms with Crippen molar-refractivity contribution in [2.75, 3.05) is 5.32 Å². The van der Waals surface area contributed by atoms with Crippen molar-refractivity contribution in [2.45, 2.75) is 26.9 Å². The molecule has 3 aromatic heterocycles. The summed E-state index contributed by atoms with van der Waals surface area (Å²) in [6, 6.07) is 8.89. The number of pyridine rings is 1. The number of amides is 1. The van der Waals surface area contributed by atoms with Gasteiger partial charge in [-0.1, -0.05) is 11.2 Å². The summed E-state index contributed by atoms with van der Waals surface area (Å²) < 4.78 is 10.1. The summed E-state index contributed by atoms with van der Waals surface area (Å²) in [5.41, 5.74) is 1.66. The molecule has 0 aliphatic rings. The molecule has 1 atom stereocenters. The second kappa shape index (κ2) is 7.49. The van der Waals surface area contributed by atoms with Gasteiger partial charge in [-0.3, -0.25) is 9.78 Å². The average molecular weight is 371 g/mol. The zero-order valence-corrected chi connectivity index (χ0v) is 15.3. The minimum absolute atomic E-state index is 0.272. The Hall–Kier alpha value is -3.00. The molecule has 8 heteroatoms. The Kier molecular flexibility index (Phi) is 5.13. The molecule has 134 valence electrons. The molecule has 0 saturated carbocycles. The molecule has 0 aromatic carbocycles. The van der Waals surface area contributed by atoms with Gasteiger partial charge < -0.3 is 14.6 Å².